The molecule has 0 amide bonds. The van der Waals surface area contributed by atoms with Gasteiger partial charge in [-0.05, 0) is 25.0 Å². The maximum Gasteiger partial charge on any atom is 0.256 e. The van der Waals surface area contributed by atoms with Gasteiger partial charge in [-0.25, -0.2) is 13.8 Å². The van der Waals surface area contributed by atoms with Crippen molar-refractivity contribution in [3.63, 3.8) is 0 Å². The first kappa shape index (κ1) is 10.9. The van der Waals surface area contributed by atoms with Crippen LogP contribution in [-0.2, 0) is 6.42 Å². The van der Waals surface area contributed by atoms with Gasteiger partial charge in [0.1, 0.15) is 5.52 Å². The molecule has 86 valence electrons. The number of aromatic nitrogens is 4. The number of nitrogens with two attached hydrogens (primary N) is 1. The number of nitrogens with zero attached hydrogens (tertiary/aromatic N) is 3. The number of hydrogen-bond donors (Lipinski definition) is 2. The van der Waals surface area contributed by atoms with Gasteiger partial charge in [0.2, 0.25) is 5.65 Å². The molecule has 0 fully saturated rings. The van der Waals surface area contributed by atoms with Crippen molar-refractivity contribution >= 4 is 11.2 Å². The lowest BCUT2D eigenvalue weighted by atomic mass is 9.95. The van der Waals surface area contributed by atoms with E-state index in [1.807, 2.05) is 0 Å². The van der Waals surface area contributed by atoms with Crippen LogP contribution in [0.3, 0.4) is 0 Å². The summed E-state index contributed by atoms with van der Waals surface area (Å²) in [6, 6.07) is 1.65. The standard InChI is InChI=1S/C9H11F2N5/c1-9(12,8(10)11)3-5-2-6-7(13-4-5)15-16-14-6/h2,4,8H,3,12H2,1H3,(H,13,14,15,16). The molecule has 0 spiro atoms. The smallest absolute Gasteiger partial charge is 0.256 e. The second kappa shape index (κ2) is 3.75. The number of halogens is 2. The number of pyridine rings is 1. The molecule has 0 saturated carbocycles. The topological polar surface area (TPSA) is 80.5 Å². The van der Waals surface area contributed by atoms with E-state index in [9.17, 15) is 8.78 Å². The van der Waals surface area contributed by atoms with Crippen LogP contribution >= 0.6 is 0 Å². The second-order valence-electron chi connectivity index (χ2n) is 3.99. The third-order valence-electron chi connectivity index (χ3n) is 2.31. The number of nitrogens with one attached hydrogen (secondary N) is 1. The highest BCUT2D eigenvalue weighted by Crippen LogP contribution is 2.19. The van der Waals surface area contributed by atoms with Gasteiger partial charge in [0.05, 0.1) is 5.54 Å². The number of aromatic amines is 1. The van der Waals surface area contributed by atoms with Crippen molar-refractivity contribution < 1.29 is 8.78 Å². The highest BCUT2D eigenvalue weighted by Gasteiger charge is 2.30. The average molecular weight is 227 g/mol. The van der Waals surface area contributed by atoms with Crippen LogP contribution < -0.4 is 5.73 Å². The maximum atomic E-state index is 12.6. The number of H-pyrrole nitrogens is 1. The Morgan fingerprint density at radius 2 is 2.25 bits per heavy atom. The zero-order chi connectivity index (χ0) is 11.8. The molecule has 0 aliphatic rings. The Hall–Kier alpha value is -1.63. The summed E-state index contributed by atoms with van der Waals surface area (Å²) in [6.45, 7) is 1.31. The fourth-order valence-electron chi connectivity index (χ4n) is 1.40. The molecule has 0 radical (unpaired) electrons. The van der Waals surface area contributed by atoms with Crippen molar-refractivity contribution in [3.8, 4) is 0 Å². The van der Waals surface area contributed by atoms with Gasteiger partial charge in [-0.2, -0.15) is 10.3 Å². The molecule has 2 heterocycles. The summed E-state index contributed by atoms with van der Waals surface area (Å²) in [6.07, 6.45) is -1.06. The quantitative estimate of drug-likeness (QED) is 0.815. The molecule has 1 atom stereocenters. The fourth-order valence-corrected chi connectivity index (χ4v) is 1.40. The van der Waals surface area contributed by atoms with Crippen molar-refractivity contribution in [1.82, 2.24) is 20.4 Å². The van der Waals surface area contributed by atoms with Gasteiger partial charge in [0.15, 0.2) is 0 Å². The third kappa shape index (κ3) is 1.99. The SMILES string of the molecule is CC(N)(Cc1cnc2n[nH]nc2c1)C(F)F. The summed E-state index contributed by atoms with van der Waals surface area (Å²) >= 11 is 0. The maximum absolute atomic E-state index is 12.6. The highest BCUT2D eigenvalue weighted by atomic mass is 19.3. The van der Waals surface area contributed by atoms with Gasteiger partial charge in [0.25, 0.3) is 6.43 Å². The minimum atomic E-state index is -2.58. The Morgan fingerprint density at radius 3 is 2.94 bits per heavy atom. The number of rotatable bonds is 3. The highest BCUT2D eigenvalue weighted by molar-refractivity contribution is 5.69. The molecule has 5 nitrogen and oxygen atoms in total. The number of hydrogen-bond acceptors (Lipinski definition) is 4. The van der Waals surface area contributed by atoms with E-state index in [4.69, 9.17) is 5.73 Å². The van der Waals surface area contributed by atoms with Gasteiger partial charge < -0.3 is 5.73 Å². The lowest BCUT2D eigenvalue weighted by Gasteiger charge is -2.23. The lowest BCUT2D eigenvalue weighted by molar-refractivity contribution is 0.0639. The summed E-state index contributed by atoms with van der Waals surface area (Å²) in [5.41, 5.74) is 5.55. The Kier molecular flexibility index (Phi) is 2.55. The van der Waals surface area contributed by atoms with E-state index >= 15 is 0 Å². The average Bonchev–Trinajstić information content (AvgIpc) is 2.63. The first-order valence-corrected chi connectivity index (χ1v) is 4.71. The van der Waals surface area contributed by atoms with Gasteiger partial charge >= 0.3 is 0 Å². The molecule has 1 unspecified atom stereocenters. The first-order valence-electron chi connectivity index (χ1n) is 4.71. The van der Waals surface area contributed by atoms with Crippen LogP contribution in [0.2, 0.25) is 0 Å². The zero-order valence-corrected chi connectivity index (χ0v) is 8.61. The molecule has 0 saturated heterocycles. The molecule has 2 aromatic rings. The van der Waals surface area contributed by atoms with E-state index in [1.165, 1.54) is 13.1 Å². The third-order valence-corrected chi connectivity index (χ3v) is 2.31. The predicted molar refractivity (Wildman–Crippen MR) is 54.0 cm³/mol. The van der Waals surface area contributed by atoms with Crippen LogP contribution in [0.1, 0.15) is 12.5 Å². The summed E-state index contributed by atoms with van der Waals surface area (Å²) < 4.78 is 25.1. The molecule has 0 aromatic carbocycles. The van der Waals surface area contributed by atoms with Gasteiger partial charge in [-0.3, -0.25) is 0 Å². The van der Waals surface area contributed by atoms with Crippen LogP contribution in [0.25, 0.3) is 11.2 Å². The van der Waals surface area contributed by atoms with E-state index in [0.29, 0.717) is 16.7 Å². The predicted octanol–water partition coefficient (Wildman–Crippen LogP) is 0.878. The molecule has 16 heavy (non-hydrogen) atoms. The second-order valence-corrected chi connectivity index (χ2v) is 3.99. The summed E-state index contributed by atoms with van der Waals surface area (Å²) in [5, 5.41) is 10.0. The van der Waals surface area contributed by atoms with Crippen molar-refractivity contribution in [2.75, 3.05) is 0 Å². The first-order chi connectivity index (χ1) is 7.49. The van der Waals surface area contributed by atoms with E-state index in [0.717, 1.165) is 0 Å². The van der Waals surface area contributed by atoms with Gasteiger partial charge in [-0.1, -0.05) is 0 Å². The minimum Gasteiger partial charge on any atom is -0.320 e. The summed E-state index contributed by atoms with van der Waals surface area (Å²) in [4.78, 5) is 3.98. The van der Waals surface area contributed by atoms with E-state index < -0.39 is 12.0 Å². The van der Waals surface area contributed by atoms with Gasteiger partial charge in [-0.15, -0.1) is 5.10 Å². The molecular formula is C9H11F2N5. The van der Waals surface area contributed by atoms with Crippen molar-refractivity contribution in [3.05, 3.63) is 17.8 Å². The van der Waals surface area contributed by atoms with Crippen LogP contribution in [0, 0.1) is 0 Å². The summed E-state index contributed by atoms with van der Waals surface area (Å²) in [7, 11) is 0. The molecule has 0 aliphatic heterocycles. The van der Waals surface area contributed by atoms with E-state index in [1.54, 1.807) is 6.07 Å². The fraction of sp³-hybridized carbons (Fsp3) is 0.444. The lowest BCUT2D eigenvalue weighted by Crippen LogP contribution is -2.45. The Morgan fingerprint density at radius 1 is 1.50 bits per heavy atom. The van der Waals surface area contributed by atoms with Crippen LogP contribution in [0.4, 0.5) is 8.78 Å². The number of fused-ring (bicyclic) bond motifs is 1. The molecule has 3 N–H and O–H groups in total. The minimum absolute atomic E-state index is 0.0421. The van der Waals surface area contributed by atoms with Gasteiger partial charge in [0, 0.05) is 6.20 Å². The zero-order valence-electron chi connectivity index (χ0n) is 8.61. The van der Waals surface area contributed by atoms with Crippen LogP contribution in [0.5, 0.6) is 0 Å². The number of alkyl halides is 2. The molecular weight excluding hydrogens is 216 g/mol. The Bertz CT molecular complexity index is 493. The summed E-state index contributed by atoms with van der Waals surface area (Å²) in [5.74, 6) is 0. The normalized spacial score (nSPS) is 15.6. The van der Waals surface area contributed by atoms with E-state index in [-0.39, 0.29) is 6.42 Å². The van der Waals surface area contributed by atoms with Crippen LogP contribution in [0.15, 0.2) is 12.3 Å². The van der Waals surface area contributed by atoms with Crippen molar-refractivity contribution in [1.29, 1.82) is 0 Å². The molecule has 7 heteroatoms. The molecule has 2 rings (SSSR count). The van der Waals surface area contributed by atoms with E-state index in [2.05, 4.69) is 20.4 Å². The van der Waals surface area contributed by atoms with Crippen molar-refractivity contribution in [2.45, 2.75) is 25.3 Å². The largest absolute Gasteiger partial charge is 0.320 e. The van der Waals surface area contributed by atoms with Crippen molar-refractivity contribution in [2.24, 2.45) is 5.73 Å². The van der Waals surface area contributed by atoms with Crippen LogP contribution in [-0.4, -0.2) is 32.4 Å². The molecule has 0 aliphatic carbocycles. The molecule has 2 aromatic heterocycles. The Labute approximate surface area is 90.0 Å². The molecule has 0 bridgehead atoms. The Balaban J connectivity index is 2.27. The monoisotopic (exact) mass is 227 g/mol.